The minimum Gasteiger partial charge on any atom is -0.434 e. The number of benzene rings is 3. The molecule has 0 saturated heterocycles. The molecule has 3 rings (SSSR count). The van der Waals surface area contributed by atoms with Gasteiger partial charge in [-0.05, 0) is 16.7 Å². The maximum absolute atomic E-state index is 11.9. The van der Waals surface area contributed by atoms with Crippen LogP contribution in [0.25, 0.3) is 0 Å². The molecule has 0 aliphatic rings. The average molecular weight is 414 g/mol. The molecule has 2 nitrogen and oxygen atoms in total. The molecule has 0 bridgehead atoms. The van der Waals surface area contributed by atoms with Gasteiger partial charge < -0.3 is 4.74 Å². The molecule has 4 heteroatoms. The summed E-state index contributed by atoms with van der Waals surface area (Å²) in [5.74, 6) is 0. The number of ether oxygens (including phenoxy) is 1. The minimum atomic E-state index is -0.541. The largest absolute Gasteiger partial charge is 0.456 e. The second-order valence-electron chi connectivity index (χ2n) is 5.72. The summed E-state index contributed by atoms with van der Waals surface area (Å²) in [6.07, 6.45) is 0. The number of hydrogen-bond acceptors (Lipinski definition) is 2. The summed E-state index contributed by atoms with van der Waals surface area (Å²) in [5.41, 5.74) is 2.58. The van der Waals surface area contributed by atoms with Crippen LogP contribution in [-0.2, 0) is 10.2 Å². The highest BCUT2D eigenvalue weighted by Crippen LogP contribution is 2.40. The zero-order chi connectivity index (χ0) is 17.5. The van der Waals surface area contributed by atoms with Crippen molar-refractivity contribution in [3.05, 3.63) is 108 Å². The second-order valence-corrected chi connectivity index (χ2v) is 7.78. The van der Waals surface area contributed by atoms with E-state index in [1.54, 1.807) is 0 Å². The monoisotopic (exact) mass is 413 g/mol. The van der Waals surface area contributed by atoms with Crippen LogP contribution in [0.2, 0.25) is 0 Å². The van der Waals surface area contributed by atoms with Gasteiger partial charge in [-0.25, -0.2) is 4.79 Å². The van der Waals surface area contributed by atoms with Gasteiger partial charge in [0.15, 0.2) is 7.28 Å². The fourth-order valence-corrected chi connectivity index (χ4v) is 3.67. The normalized spacial score (nSPS) is 11.6. The molecule has 0 saturated carbocycles. The van der Waals surface area contributed by atoms with Gasteiger partial charge in [0.25, 0.3) is 0 Å². The van der Waals surface area contributed by atoms with Crippen LogP contribution in [0.5, 0.6) is 0 Å². The summed E-state index contributed by atoms with van der Waals surface area (Å²) in [4.78, 5) is 11.9. The van der Waals surface area contributed by atoms with E-state index in [0.29, 0.717) is 0 Å². The zero-order valence-corrected chi connectivity index (χ0v) is 16.4. The van der Waals surface area contributed by atoms with Crippen molar-refractivity contribution in [1.29, 1.82) is 0 Å². The van der Waals surface area contributed by atoms with E-state index in [4.69, 9.17) is 4.74 Å². The molecule has 1 unspecified atom stereocenters. The first-order chi connectivity index (χ1) is 12.3. The van der Waals surface area contributed by atoms with Crippen molar-refractivity contribution >= 4 is 28.5 Å². The maximum atomic E-state index is 11.9. The molecule has 3 aromatic rings. The number of carbonyl (C=O) groups is 1. The Morgan fingerprint density at radius 3 is 1.44 bits per heavy atom. The van der Waals surface area contributed by atoms with Crippen LogP contribution in [0.4, 0.5) is 4.79 Å². The summed E-state index contributed by atoms with van der Waals surface area (Å²) in [7, 11) is -0.538. The van der Waals surface area contributed by atoms with Crippen LogP contribution in [0.3, 0.4) is 0 Å². The first kappa shape index (κ1) is 17.8. The number of carbonyl (C=O) groups excluding carboxylic acids is 1. The Balaban J connectivity index is 2.22. The first-order valence-electron chi connectivity index (χ1n) is 8.04. The molecule has 0 radical (unpaired) electrons. The second kappa shape index (κ2) is 8.42. The summed E-state index contributed by atoms with van der Waals surface area (Å²) >= 11 is 3.26. The van der Waals surface area contributed by atoms with Crippen LogP contribution >= 0.6 is 22.8 Å². The van der Waals surface area contributed by atoms with Gasteiger partial charge in [-0.1, -0.05) is 91.0 Å². The average Bonchev–Trinajstić information content (AvgIpc) is 2.71. The van der Waals surface area contributed by atoms with Gasteiger partial charge in [0.05, 0.1) is 5.41 Å². The summed E-state index contributed by atoms with van der Waals surface area (Å²) in [6, 6.07) is 30.7. The predicted molar refractivity (Wildman–Crippen MR) is 109 cm³/mol. The van der Waals surface area contributed by atoms with Gasteiger partial charge >= 0.3 is 5.71 Å². The van der Waals surface area contributed by atoms with Crippen LogP contribution in [-0.4, -0.2) is 12.3 Å². The maximum Gasteiger partial charge on any atom is 0.456 e. The van der Waals surface area contributed by atoms with Crippen molar-refractivity contribution in [2.24, 2.45) is 0 Å². The van der Waals surface area contributed by atoms with Crippen molar-refractivity contribution in [2.45, 2.75) is 5.41 Å². The minimum absolute atomic E-state index is 0.188. The van der Waals surface area contributed by atoms with E-state index >= 15 is 0 Å². The molecule has 0 spiro atoms. The van der Waals surface area contributed by atoms with Gasteiger partial charge in [-0.2, -0.15) is 0 Å². The highest BCUT2D eigenvalue weighted by atomic mass is 79.9. The molecule has 3 aromatic carbocycles. The quantitative estimate of drug-likeness (QED) is 0.372. The third-order valence-corrected chi connectivity index (χ3v) is 5.79. The lowest BCUT2D eigenvalue weighted by Crippen LogP contribution is -2.35. The van der Waals surface area contributed by atoms with E-state index in [1.807, 2.05) is 54.6 Å². The zero-order valence-electron chi connectivity index (χ0n) is 13.6. The first-order valence-corrected chi connectivity index (χ1v) is 11.8. The lowest BCUT2D eigenvalue weighted by Gasteiger charge is -2.35. The van der Waals surface area contributed by atoms with Crippen molar-refractivity contribution < 1.29 is 9.53 Å². The molecule has 0 heterocycles. The van der Waals surface area contributed by atoms with Crippen LogP contribution in [0.15, 0.2) is 91.0 Å². The van der Waals surface area contributed by atoms with Crippen LogP contribution < -0.4 is 0 Å². The number of halogens is 1. The van der Waals surface area contributed by atoms with Crippen molar-refractivity contribution in [3.8, 4) is 0 Å². The molecular formula is C21H19BrO2P+. The Kier molecular flexibility index (Phi) is 6.01. The van der Waals surface area contributed by atoms with E-state index in [9.17, 15) is 4.79 Å². The molecule has 25 heavy (non-hydrogen) atoms. The third kappa shape index (κ3) is 3.84. The van der Waals surface area contributed by atoms with E-state index in [-0.39, 0.29) is 12.3 Å². The van der Waals surface area contributed by atoms with E-state index in [1.165, 1.54) is 0 Å². The molecule has 0 aliphatic carbocycles. The molecule has 0 aromatic heterocycles. The molecule has 0 fully saturated rings. The Hall–Kier alpha value is -1.96. The summed E-state index contributed by atoms with van der Waals surface area (Å²) in [5, 5.41) is 0. The standard InChI is InChI=1S/C21H18BrO2P/c22-25-20(23)24-16-21(17-10-4-1-5-11-17,18-12-6-2-7-13-18)19-14-8-3-9-15-19/h1-15,25H,16H2/p+1. The molecule has 126 valence electrons. The van der Waals surface area contributed by atoms with Gasteiger partial charge in [0.1, 0.15) is 22.1 Å². The predicted octanol–water partition coefficient (Wildman–Crippen LogP) is 5.88. The summed E-state index contributed by atoms with van der Waals surface area (Å²) < 4.78 is 5.67. The van der Waals surface area contributed by atoms with Crippen molar-refractivity contribution in [1.82, 2.24) is 0 Å². The van der Waals surface area contributed by atoms with Gasteiger partial charge in [0, 0.05) is 0 Å². The smallest absolute Gasteiger partial charge is 0.434 e. The fraction of sp³-hybridized carbons (Fsp3) is 0.0952. The highest BCUT2D eigenvalue weighted by molar-refractivity contribution is 9.38. The lowest BCUT2D eigenvalue weighted by atomic mass is 9.70. The molecule has 0 aliphatic heterocycles. The lowest BCUT2D eigenvalue weighted by molar-refractivity contribution is 0.158. The fourth-order valence-electron chi connectivity index (χ4n) is 3.13. The van der Waals surface area contributed by atoms with Crippen molar-refractivity contribution in [3.63, 3.8) is 0 Å². The third-order valence-electron chi connectivity index (χ3n) is 4.32. The number of hydrogen-bond donors (Lipinski definition) is 0. The van der Waals surface area contributed by atoms with E-state index in [2.05, 4.69) is 51.9 Å². The van der Waals surface area contributed by atoms with Crippen molar-refractivity contribution in [2.75, 3.05) is 6.61 Å². The Labute approximate surface area is 157 Å². The Morgan fingerprint density at radius 2 is 1.12 bits per heavy atom. The molecule has 0 N–H and O–H groups in total. The van der Waals surface area contributed by atoms with Crippen LogP contribution in [0.1, 0.15) is 16.7 Å². The van der Waals surface area contributed by atoms with Gasteiger partial charge in [-0.3, -0.25) is 0 Å². The summed E-state index contributed by atoms with van der Waals surface area (Å²) in [6.45, 7) is 0.266. The SMILES string of the molecule is O=C(OCC(c1ccccc1)(c1ccccc1)c1ccccc1)[PH2+]Br. The number of rotatable bonds is 6. The Morgan fingerprint density at radius 1 is 0.760 bits per heavy atom. The molecule has 0 amide bonds. The Bertz CT molecular complexity index is 710. The van der Waals surface area contributed by atoms with E-state index < -0.39 is 12.7 Å². The van der Waals surface area contributed by atoms with Gasteiger partial charge in [-0.15, -0.1) is 0 Å². The van der Waals surface area contributed by atoms with Crippen LogP contribution in [0, 0.1) is 0 Å². The van der Waals surface area contributed by atoms with Gasteiger partial charge in [0.2, 0.25) is 0 Å². The molecule has 1 atom stereocenters. The molecular weight excluding hydrogens is 395 g/mol. The highest BCUT2D eigenvalue weighted by Gasteiger charge is 2.38. The topological polar surface area (TPSA) is 26.3 Å². The van der Waals surface area contributed by atoms with E-state index in [0.717, 1.165) is 16.7 Å².